The van der Waals surface area contributed by atoms with Crippen molar-refractivity contribution in [3.05, 3.63) is 65.9 Å². The molecule has 0 radical (unpaired) electrons. The van der Waals surface area contributed by atoms with Gasteiger partial charge < -0.3 is 0 Å². The molecular formula is C18H15NO5S2. The summed E-state index contributed by atoms with van der Waals surface area (Å²) in [7, 11) is -7.73. The number of ketones is 1. The molecule has 0 saturated carbocycles. The van der Waals surface area contributed by atoms with Gasteiger partial charge in [-0.2, -0.15) is 0 Å². The molecule has 1 aliphatic heterocycles. The fourth-order valence-electron chi connectivity index (χ4n) is 3.30. The SMILES string of the molecule is CC1C(=O)c2c(c3ccccc3n2S(=O)(=O)c2ccccc2)CS1(=O)=O. The number of sulfone groups is 1. The van der Waals surface area contributed by atoms with Crippen molar-refractivity contribution in [2.24, 2.45) is 0 Å². The van der Waals surface area contributed by atoms with Gasteiger partial charge in [-0.05, 0) is 25.1 Å². The molecule has 0 bridgehead atoms. The van der Waals surface area contributed by atoms with Crippen LogP contribution in [-0.4, -0.2) is 31.8 Å². The quantitative estimate of drug-likeness (QED) is 0.671. The highest BCUT2D eigenvalue weighted by Crippen LogP contribution is 2.36. The number of hydrogen-bond acceptors (Lipinski definition) is 5. The van der Waals surface area contributed by atoms with Crippen LogP contribution in [0.25, 0.3) is 10.9 Å². The van der Waals surface area contributed by atoms with Crippen LogP contribution in [-0.2, 0) is 25.6 Å². The Kier molecular flexibility index (Phi) is 3.61. The number of fused-ring (bicyclic) bond motifs is 3. The number of nitrogens with zero attached hydrogens (tertiary/aromatic N) is 1. The van der Waals surface area contributed by atoms with Gasteiger partial charge in [0.1, 0.15) is 10.9 Å². The summed E-state index contributed by atoms with van der Waals surface area (Å²) in [5.74, 6) is -1.05. The standard InChI is InChI=1S/C18H15NO5S2/c1-12-18(20)17-15(11-25(12,21)22)14-9-5-6-10-16(14)19(17)26(23,24)13-7-3-2-4-8-13/h2-10,12H,11H2,1H3. The zero-order chi connectivity index (χ0) is 18.7. The molecule has 1 atom stereocenters. The monoisotopic (exact) mass is 389 g/mol. The van der Waals surface area contributed by atoms with Crippen LogP contribution in [0.5, 0.6) is 0 Å². The summed E-state index contributed by atoms with van der Waals surface area (Å²) in [6.07, 6.45) is 0. The lowest BCUT2D eigenvalue weighted by Gasteiger charge is -2.20. The van der Waals surface area contributed by atoms with Crippen LogP contribution < -0.4 is 0 Å². The van der Waals surface area contributed by atoms with Gasteiger partial charge in [-0.1, -0.05) is 36.4 Å². The molecule has 0 spiro atoms. The largest absolute Gasteiger partial charge is 0.291 e. The van der Waals surface area contributed by atoms with Gasteiger partial charge in [0, 0.05) is 10.9 Å². The second-order valence-corrected chi connectivity index (χ2v) is 10.3. The molecule has 1 aromatic heterocycles. The molecule has 0 aliphatic carbocycles. The first-order valence-corrected chi connectivity index (χ1v) is 11.1. The van der Waals surface area contributed by atoms with Gasteiger partial charge in [0.2, 0.25) is 0 Å². The minimum atomic E-state index is -4.06. The molecule has 2 heterocycles. The third-order valence-electron chi connectivity index (χ3n) is 4.71. The average Bonchev–Trinajstić information content (AvgIpc) is 2.95. The molecule has 4 rings (SSSR count). The first kappa shape index (κ1) is 17.0. The summed E-state index contributed by atoms with van der Waals surface area (Å²) in [6.45, 7) is 1.30. The zero-order valence-electron chi connectivity index (χ0n) is 13.8. The van der Waals surface area contributed by atoms with Crippen molar-refractivity contribution in [2.75, 3.05) is 0 Å². The van der Waals surface area contributed by atoms with Gasteiger partial charge >= 0.3 is 0 Å². The fourth-order valence-corrected chi connectivity index (χ4v) is 6.25. The average molecular weight is 389 g/mol. The molecule has 8 heteroatoms. The lowest BCUT2D eigenvalue weighted by atomic mass is 10.1. The Hall–Kier alpha value is -2.45. The van der Waals surface area contributed by atoms with Crippen molar-refractivity contribution >= 4 is 36.5 Å². The van der Waals surface area contributed by atoms with Gasteiger partial charge in [-0.25, -0.2) is 20.8 Å². The van der Waals surface area contributed by atoms with Crippen LogP contribution in [0.1, 0.15) is 23.0 Å². The van der Waals surface area contributed by atoms with E-state index >= 15 is 0 Å². The maximum atomic E-state index is 13.3. The Labute approximate surface area is 151 Å². The summed E-state index contributed by atoms with van der Waals surface area (Å²) < 4.78 is 52.2. The topological polar surface area (TPSA) is 90.3 Å². The number of aromatic nitrogens is 1. The number of rotatable bonds is 2. The molecule has 3 aromatic rings. The van der Waals surface area contributed by atoms with Crippen molar-refractivity contribution in [2.45, 2.75) is 22.8 Å². The third-order valence-corrected chi connectivity index (χ3v) is 8.42. The van der Waals surface area contributed by atoms with E-state index in [1.807, 2.05) is 0 Å². The molecular weight excluding hydrogens is 374 g/mol. The Morgan fingerprint density at radius 1 is 1.00 bits per heavy atom. The van der Waals surface area contributed by atoms with E-state index in [4.69, 9.17) is 0 Å². The van der Waals surface area contributed by atoms with Crippen LogP contribution in [0.15, 0.2) is 59.5 Å². The van der Waals surface area contributed by atoms with E-state index in [0.29, 0.717) is 10.9 Å². The molecule has 1 unspecified atom stereocenters. The molecule has 6 nitrogen and oxygen atoms in total. The van der Waals surface area contributed by atoms with Gasteiger partial charge in [-0.15, -0.1) is 0 Å². The number of Topliss-reactive ketones (excluding diaryl/α,β-unsaturated/α-hetero) is 1. The maximum absolute atomic E-state index is 13.3. The highest BCUT2D eigenvalue weighted by atomic mass is 32.2. The second-order valence-electron chi connectivity index (χ2n) is 6.24. The Morgan fingerprint density at radius 3 is 2.31 bits per heavy atom. The zero-order valence-corrected chi connectivity index (χ0v) is 15.4. The van der Waals surface area contributed by atoms with Crippen molar-refractivity contribution in [1.82, 2.24) is 3.97 Å². The van der Waals surface area contributed by atoms with Gasteiger partial charge in [0.25, 0.3) is 10.0 Å². The van der Waals surface area contributed by atoms with Crippen molar-refractivity contribution < 1.29 is 21.6 Å². The lowest BCUT2D eigenvalue weighted by molar-refractivity contribution is 0.0983. The molecule has 0 fully saturated rings. The van der Waals surface area contributed by atoms with Crippen LogP contribution in [0.2, 0.25) is 0 Å². The minimum absolute atomic E-state index is 0.0393. The first-order chi connectivity index (χ1) is 12.2. The fraction of sp³-hybridized carbons (Fsp3) is 0.167. The van der Waals surface area contributed by atoms with E-state index in [1.54, 1.807) is 42.5 Å². The Balaban J connectivity index is 2.15. The molecule has 0 saturated heterocycles. The smallest absolute Gasteiger partial charge is 0.268 e. The number of hydrogen-bond donors (Lipinski definition) is 0. The van der Waals surface area contributed by atoms with Crippen molar-refractivity contribution in [1.29, 1.82) is 0 Å². The molecule has 134 valence electrons. The minimum Gasteiger partial charge on any atom is -0.291 e. The van der Waals surface area contributed by atoms with E-state index < -0.39 is 30.9 Å². The van der Waals surface area contributed by atoms with Crippen LogP contribution in [0, 0.1) is 0 Å². The maximum Gasteiger partial charge on any atom is 0.268 e. The summed E-state index contributed by atoms with van der Waals surface area (Å²) in [6, 6.07) is 14.4. The summed E-state index contributed by atoms with van der Waals surface area (Å²) in [5.41, 5.74) is 0.500. The molecule has 1 aliphatic rings. The summed E-state index contributed by atoms with van der Waals surface area (Å²) in [5, 5.41) is -0.810. The highest BCUT2D eigenvalue weighted by molar-refractivity contribution is 7.92. The van der Waals surface area contributed by atoms with Crippen molar-refractivity contribution in [3.8, 4) is 0 Å². The number of benzene rings is 2. The predicted octanol–water partition coefficient (Wildman–Crippen LogP) is 2.38. The van der Waals surface area contributed by atoms with Gasteiger partial charge in [0.05, 0.1) is 16.2 Å². The highest BCUT2D eigenvalue weighted by Gasteiger charge is 2.42. The van der Waals surface area contributed by atoms with E-state index in [9.17, 15) is 21.6 Å². The third kappa shape index (κ3) is 2.25. The van der Waals surface area contributed by atoms with Crippen LogP contribution >= 0.6 is 0 Å². The first-order valence-electron chi connectivity index (χ1n) is 7.94. The number of carbonyl (C=O) groups is 1. The van der Waals surface area contributed by atoms with Crippen LogP contribution in [0.4, 0.5) is 0 Å². The second kappa shape index (κ2) is 5.52. The molecule has 0 amide bonds. The van der Waals surface area contributed by atoms with Crippen molar-refractivity contribution in [3.63, 3.8) is 0 Å². The van der Waals surface area contributed by atoms with E-state index in [1.165, 1.54) is 19.1 Å². The van der Waals surface area contributed by atoms with E-state index in [-0.39, 0.29) is 21.9 Å². The van der Waals surface area contributed by atoms with E-state index in [0.717, 1.165) is 3.97 Å². The normalized spacial score (nSPS) is 19.4. The van der Waals surface area contributed by atoms with Crippen LogP contribution in [0.3, 0.4) is 0 Å². The molecule has 2 aromatic carbocycles. The van der Waals surface area contributed by atoms with Gasteiger partial charge in [-0.3, -0.25) is 4.79 Å². The number of carbonyl (C=O) groups excluding carboxylic acids is 1. The summed E-state index contributed by atoms with van der Waals surface area (Å²) >= 11 is 0. The lowest BCUT2D eigenvalue weighted by Crippen LogP contribution is -2.36. The van der Waals surface area contributed by atoms with E-state index in [2.05, 4.69) is 0 Å². The number of para-hydroxylation sites is 1. The Morgan fingerprint density at radius 2 is 1.62 bits per heavy atom. The predicted molar refractivity (Wildman–Crippen MR) is 97.4 cm³/mol. The molecule has 26 heavy (non-hydrogen) atoms. The summed E-state index contributed by atoms with van der Waals surface area (Å²) in [4.78, 5) is 12.9. The Bertz CT molecular complexity index is 1260. The van der Waals surface area contributed by atoms with Gasteiger partial charge in [0.15, 0.2) is 15.6 Å². The molecule has 0 N–H and O–H groups in total.